The molecule has 0 saturated carbocycles. The van der Waals surface area contributed by atoms with Gasteiger partial charge >= 0.3 is 0 Å². The molecule has 0 fully saturated rings. The average Bonchev–Trinajstić information content (AvgIpc) is 2.39. The van der Waals surface area contributed by atoms with Crippen LogP contribution in [0.5, 0.6) is 5.75 Å². The quantitative estimate of drug-likeness (QED) is 0.906. The van der Waals surface area contributed by atoms with Crippen LogP contribution in [-0.2, 0) is 6.54 Å². The molecule has 2 N–H and O–H groups in total. The monoisotopic (exact) mass is 291 g/mol. The number of aryl methyl sites for hydroxylation is 1. The molecule has 0 saturated heterocycles. The zero-order chi connectivity index (χ0) is 14.7. The summed E-state index contributed by atoms with van der Waals surface area (Å²) in [6, 6.07) is 9.11. The summed E-state index contributed by atoms with van der Waals surface area (Å²) in [5.74, 6) is 0.191. The minimum absolute atomic E-state index is 0.191. The fraction of sp³-hybridized carbons (Fsp3) is 0.267. The molecular weight excluding hydrogens is 274 g/mol. The van der Waals surface area contributed by atoms with Crippen LogP contribution in [0.3, 0.4) is 0 Å². The lowest BCUT2D eigenvalue weighted by atomic mass is 10.2. The van der Waals surface area contributed by atoms with E-state index in [2.05, 4.69) is 10.3 Å². The van der Waals surface area contributed by atoms with Crippen LogP contribution in [-0.4, -0.2) is 24.2 Å². The van der Waals surface area contributed by atoms with Crippen molar-refractivity contribution in [1.29, 1.82) is 0 Å². The number of aromatic nitrogens is 1. The Bertz CT molecular complexity index is 614. The third-order valence-corrected chi connectivity index (χ3v) is 3.21. The second-order valence-electron chi connectivity index (χ2n) is 4.83. The lowest BCUT2D eigenvalue weighted by Crippen LogP contribution is -2.12. The van der Waals surface area contributed by atoms with Gasteiger partial charge in [0.2, 0.25) is 0 Å². The van der Waals surface area contributed by atoms with E-state index >= 15 is 0 Å². The highest BCUT2D eigenvalue weighted by Gasteiger charge is 2.08. The number of nitrogens with one attached hydrogen (secondary N) is 1. The molecule has 0 aliphatic carbocycles. The molecule has 4 nitrogen and oxygen atoms in total. The van der Waals surface area contributed by atoms with Gasteiger partial charge in [-0.05, 0) is 37.3 Å². The maximum Gasteiger partial charge on any atom is 0.138 e. The van der Waals surface area contributed by atoms with Gasteiger partial charge < -0.3 is 15.3 Å². The number of anilines is 2. The molecule has 0 aliphatic rings. The largest absolute Gasteiger partial charge is 0.506 e. The van der Waals surface area contributed by atoms with Gasteiger partial charge in [0.15, 0.2) is 0 Å². The van der Waals surface area contributed by atoms with E-state index in [4.69, 9.17) is 11.6 Å². The number of hydrogen-bond acceptors (Lipinski definition) is 4. The van der Waals surface area contributed by atoms with Gasteiger partial charge in [-0.15, -0.1) is 0 Å². The first-order chi connectivity index (χ1) is 9.47. The zero-order valence-corrected chi connectivity index (χ0v) is 12.6. The Balaban J connectivity index is 2.22. The molecule has 20 heavy (non-hydrogen) atoms. The molecule has 2 rings (SSSR count). The molecule has 0 radical (unpaired) electrons. The number of benzene rings is 1. The van der Waals surface area contributed by atoms with Crippen molar-refractivity contribution in [2.75, 3.05) is 24.3 Å². The van der Waals surface area contributed by atoms with Crippen molar-refractivity contribution < 1.29 is 5.11 Å². The zero-order valence-electron chi connectivity index (χ0n) is 11.8. The molecule has 5 heteroatoms. The smallest absolute Gasteiger partial charge is 0.138 e. The van der Waals surface area contributed by atoms with Crippen LogP contribution in [0.1, 0.15) is 11.4 Å². The highest BCUT2D eigenvalue weighted by atomic mass is 35.5. The van der Waals surface area contributed by atoms with Crippen LogP contribution in [0.2, 0.25) is 5.02 Å². The number of hydrogen-bond donors (Lipinski definition) is 2. The Morgan fingerprint density at radius 2 is 2.00 bits per heavy atom. The van der Waals surface area contributed by atoms with Gasteiger partial charge in [0.25, 0.3) is 0 Å². The van der Waals surface area contributed by atoms with Crippen LogP contribution < -0.4 is 10.2 Å². The molecule has 0 amide bonds. The molecule has 1 aromatic carbocycles. The minimum atomic E-state index is 0.191. The summed E-state index contributed by atoms with van der Waals surface area (Å²) in [7, 11) is 3.94. The lowest BCUT2D eigenvalue weighted by molar-refractivity contribution is 0.464. The molecule has 0 atom stereocenters. The standard InChI is InChI=1S/C15H18ClN3O/c1-10-4-7-15(20)13(18-10)9-17-12-8-11(16)5-6-14(12)19(2)3/h4-8,17,20H,9H2,1-3H3. The predicted octanol–water partition coefficient (Wildman–Crippen LogP) is 3.43. The number of halogens is 1. The second-order valence-corrected chi connectivity index (χ2v) is 5.26. The maximum absolute atomic E-state index is 9.81. The molecule has 0 spiro atoms. The van der Waals surface area contributed by atoms with E-state index in [1.807, 2.05) is 44.1 Å². The van der Waals surface area contributed by atoms with E-state index in [0.29, 0.717) is 17.3 Å². The third-order valence-electron chi connectivity index (χ3n) is 2.98. The van der Waals surface area contributed by atoms with Crippen molar-refractivity contribution >= 4 is 23.0 Å². The van der Waals surface area contributed by atoms with Crippen LogP contribution in [0.4, 0.5) is 11.4 Å². The Hall–Kier alpha value is -1.94. The van der Waals surface area contributed by atoms with Crippen LogP contribution in [0.15, 0.2) is 30.3 Å². The van der Waals surface area contributed by atoms with Gasteiger partial charge in [-0.2, -0.15) is 0 Å². The second kappa shape index (κ2) is 6.01. The van der Waals surface area contributed by atoms with E-state index in [1.165, 1.54) is 0 Å². The van der Waals surface area contributed by atoms with Gasteiger partial charge in [0.05, 0.1) is 17.9 Å². The van der Waals surface area contributed by atoms with Crippen molar-refractivity contribution in [3.05, 3.63) is 46.7 Å². The Morgan fingerprint density at radius 1 is 1.25 bits per heavy atom. The molecule has 1 heterocycles. The lowest BCUT2D eigenvalue weighted by Gasteiger charge is -2.19. The first-order valence-corrected chi connectivity index (χ1v) is 6.71. The minimum Gasteiger partial charge on any atom is -0.506 e. The average molecular weight is 292 g/mol. The van der Waals surface area contributed by atoms with Crippen molar-refractivity contribution in [2.45, 2.75) is 13.5 Å². The summed E-state index contributed by atoms with van der Waals surface area (Å²) in [6.45, 7) is 2.34. The van der Waals surface area contributed by atoms with Crippen molar-refractivity contribution in [3.8, 4) is 5.75 Å². The highest BCUT2D eigenvalue weighted by Crippen LogP contribution is 2.28. The summed E-state index contributed by atoms with van der Waals surface area (Å²) in [5.41, 5.74) is 3.43. The number of nitrogens with zero attached hydrogens (tertiary/aromatic N) is 2. The first kappa shape index (κ1) is 14.5. The van der Waals surface area contributed by atoms with Gasteiger partial charge in [0.1, 0.15) is 11.4 Å². The molecule has 2 aromatic rings. The van der Waals surface area contributed by atoms with Crippen molar-refractivity contribution in [2.24, 2.45) is 0 Å². The fourth-order valence-electron chi connectivity index (χ4n) is 1.95. The number of aromatic hydroxyl groups is 1. The van der Waals surface area contributed by atoms with Crippen LogP contribution in [0.25, 0.3) is 0 Å². The van der Waals surface area contributed by atoms with Crippen molar-refractivity contribution in [3.63, 3.8) is 0 Å². The first-order valence-electron chi connectivity index (χ1n) is 6.33. The Morgan fingerprint density at radius 3 is 2.70 bits per heavy atom. The van der Waals surface area contributed by atoms with Crippen LogP contribution in [0, 0.1) is 6.92 Å². The Labute approximate surface area is 124 Å². The maximum atomic E-state index is 9.81. The third kappa shape index (κ3) is 3.33. The molecular formula is C15H18ClN3O. The van der Waals surface area contributed by atoms with Crippen molar-refractivity contribution in [1.82, 2.24) is 4.98 Å². The van der Waals surface area contributed by atoms with Gasteiger partial charge in [-0.1, -0.05) is 11.6 Å². The van der Waals surface area contributed by atoms with Gasteiger partial charge in [0, 0.05) is 24.8 Å². The van der Waals surface area contributed by atoms with Gasteiger partial charge in [-0.25, -0.2) is 0 Å². The van der Waals surface area contributed by atoms with E-state index in [-0.39, 0.29) is 5.75 Å². The summed E-state index contributed by atoms with van der Waals surface area (Å²) in [6.07, 6.45) is 0. The summed E-state index contributed by atoms with van der Waals surface area (Å²) in [5, 5.41) is 13.7. The highest BCUT2D eigenvalue weighted by molar-refractivity contribution is 6.31. The molecule has 1 aromatic heterocycles. The molecule has 0 unspecified atom stereocenters. The summed E-state index contributed by atoms with van der Waals surface area (Å²) < 4.78 is 0. The molecule has 106 valence electrons. The van der Waals surface area contributed by atoms with E-state index in [9.17, 15) is 5.11 Å². The number of pyridine rings is 1. The predicted molar refractivity (Wildman–Crippen MR) is 83.7 cm³/mol. The summed E-state index contributed by atoms with van der Waals surface area (Å²) >= 11 is 6.04. The fourth-order valence-corrected chi connectivity index (χ4v) is 2.12. The SMILES string of the molecule is Cc1ccc(O)c(CNc2cc(Cl)ccc2N(C)C)n1. The topological polar surface area (TPSA) is 48.4 Å². The van der Waals surface area contributed by atoms with E-state index in [0.717, 1.165) is 17.1 Å². The Kier molecular flexibility index (Phi) is 4.35. The summed E-state index contributed by atoms with van der Waals surface area (Å²) in [4.78, 5) is 6.33. The van der Waals surface area contributed by atoms with E-state index in [1.54, 1.807) is 12.1 Å². The molecule has 0 bridgehead atoms. The number of rotatable bonds is 4. The normalized spacial score (nSPS) is 10.4. The van der Waals surface area contributed by atoms with Crippen LogP contribution >= 0.6 is 11.6 Å². The van der Waals surface area contributed by atoms with Gasteiger partial charge in [-0.3, -0.25) is 4.98 Å². The molecule has 0 aliphatic heterocycles. The van der Waals surface area contributed by atoms with E-state index < -0.39 is 0 Å².